The minimum absolute atomic E-state index is 0.0511. The van der Waals surface area contributed by atoms with E-state index in [0.717, 1.165) is 0 Å². The van der Waals surface area contributed by atoms with Crippen LogP contribution >= 0.6 is 0 Å². The number of amides is 2. The Kier molecular flexibility index (Phi) is 7.78. The van der Waals surface area contributed by atoms with Gasteiger partial charge in [-0.05, 0) is 19.3 Å². The molecule has 0 aromatic carbocycles. The van der Waals surface area contributed by atoms with Crippen molar-refractivity contribution in [1.82, 2.24) is 10.6 Å². The van der Waals surface area contributed by atoms with Crippen LogP contribution in [0.25, 0.3) is 0 Å². The van der Waals surface area contributed by atoms with Crippen LogP contribution in [0.2, 0.25) is 0 Å². The first kappa shape index (κ1) is 14.4. The zero-order chi connectivity index (χ0) is 12.4. The van der Waals surface area contributed by atoms with Gasteiger partial charge in [0.25, 0.3) is 0 Å². The summed E-state index contributed by atoms with van der Waals surface area (Å²) < 4.78 is 0. The average molecular weight is 231 g/mol. The topological polar surface area (TPSA) is 122 Å². The lowest BCUT2D eigenvalue weighted by Crippen LogP contribution is -2.36. The monoisotopic (exact) mass is 231 g/mol. The van der Waals surface area contributed by atoms with Gasteiger partial charge in [-0.3, -0.25) is 9.59 Å². The molecule has 2 amide bonds. The fraction of sp³-hybridized carbons (Fsp3) is 0.667. The zero-order valence-electron chi connectivity index (χ0n) is 8.94. The standard InChI is InChI=1S/C9H17N3O4/c10-5-8(14)11-4-2-1-3-7(9(15)16)12-6-13/h6-7H,1-5,10H2,(H,11,14)(H,12,13)(H,15,16)/t7-/m0/s1. The highest BCUT2D eigenvalue weighted by Crippen LogP contribution is 2.00. The molecule has 0 unspecified atom stereocenters. The van der Waals surface area contributed by atoms with Crippen molar-refractivity contribution < 1.29 is 19.5 Å². The molecule has 0 bridgehead atoms. The molecule has 0 saturated carbocycles. The van der Waals surface area contributed by atoms with Gasteiger partial charge < -0.3 is 21.5 Å². The predicted octanol–water partition coefficient (Wildman–Crippen LogP) is -1.57. The van der Waals surface area contributed by atoms with E-state index in [0.29, 0.717) is 32.2 Å². The summed E-state index contributed by atoms with van der Waals surface area (Å²) in [7, 11) is 0. The van der Waals surface area contributed by atoms with Crippen molar-refractivity contribution in [2.75, 3.05) is 13.1 Å². The van der Waals surface area contributed by atoms with Gasteiger partial charge in [0.2, 0.25) is 12.3 Å². The Morgan fingerprint density at radius 3 is 2.56 bits per heavy atom. The van der Waals surface area contributed by atoms with Crippen molar-refractivity contribution in [2.24, 2.45) is 5.73 Å². The lowest BCUT2D eigenvalue weighted by Gasteiger charge is -2.10. The maximum absolute atomic E-state index is 10.7. The number of carboxylic acid groups (broad SMARTS) is 1. The van der Waals surface area contributed by atoms with E-state index >= 15 is 0 Å². The van der Waals surface area contributed by atoms with Gasteiger partial charge in [-0.25, -0.2) is 4.79 Å². The Morgan fingerprint density at radius 1 is 1.38 bits per heavy atom. The van der Waals surface area contributed by atoms with Crippen LogP contribution in [0.1, 0.15) is 19.3 Å². The van der Waals surface area contributed by atoms with E-state index in [1.165, 1.54) is 0 Å². The van der Waals surface area contributed by atoms with E-state index < -0.39 is 12.0 Å². The summed E-state index contributed by atoms with van der Waals surface area (Å²) in [5, 5.41) is 13.5. The van der Waals surface area contributed by atoms with E-state index in [4.69, 9.17) is 10.8 Å². The van der Waals surface area contributed by atoms with Crippen LogP contribution in [0.5, 0.6) is 0 Å². The van der Waals surface area contributed by atoms with Crippen molar-refractivity contribution in [3.05, 3.63) is 0 Å². The van der Waals surface area contributed by atoms with Crippen LogP contribution < -0.4 is 16.4 Å². The Balaban J connectivity index is 3.58. The third-order valence-electron chi connectivity index (χ3n) is 1.99. The second kappa shape index (κ2) is 8.66. The summed E-state index contributed by atoms with van der Waals surface area (Å²) in [5.74, 6) is -1.29. The van der Waals surface area contributed by atoms with Crippen LogP contribution in [0.3, 0.4) is 0 Å². The molecule has 0 aromatic rings. The number of carbonyl (C=O) groups is 3. The normalized spacial score (nSPS) is 11.6. The first-order valence-electron chi connectivity index (χ1n) is 5.01. The molecule has 0 saturated heterocycles. The number of carboxylic acids is 1. The molecule has 0 radical (unpaired) electrons. The molecule has 1 atom stereocenters. The Hall–Kier alpha value is -1.63. The molecule has 0 rings (SSSR count). The molecule has 16 heavy (non-hydrogen) atoms. The SMILES string of the molecule is NCC(=O)NCCCC[C@H](NC=O)C(=O)O. The molecule has 0 aliphatic rings. The first-order valence-corrected chi connectivity index (χ1v) is 5.01. The molecule has 92 valence electrons. The lowest BCUT2D eigenvalue weighted by molar-refractivity contribution is -0.140. The largest absolute Gasteiger partial charge is 0.480 e. The van der Waals surface area contributed by atoms with Crippen LogP contribution in [-0.2, 0) is 14.4 Å². The molecular weight excluding hydrogens is 214 g/mol. The summed E-state index contributed by atoms with van der Waals surface area (Å²) in [5.41, 5.74) is 5.08. The zero-order valence-corrected chi connectivity index (χ0v) is 8.94. The van der Waals surface area contributed by atoms with E-state index in [1.807, 2.05) is 0 Å². The summed E-state index contributed by atoms with van der Waals surface area (Å²) in [4.78, 5) is 31.4. The number of aliphatic carboxylic acids is 1. The van der Waals surface area contributed by atoms with Gasteiger partial charge in [-0.15, -0.1) is 0 Å². The van der Waals surface area contributed by atoms with Crippen molar-refractivity contribution >= 4 is 18.3 Å². The van der Waals surface area contributed by atoms with Crippen LogP contribution in [0.15, 0.2) is 0 Å². The smallest absolute Gasteiger partial charge is 0.326 e. The van der Waals surface area contributed by atoms with Crippen LogP contribution in [0, 0.1) is 0 Å². The molecule has 0 spiro atoms. The van der Waals surface area contributed by atoms with Crippen molar-refractivity contribution in [3.8, 4) is 0 Å². The second-order valence-corrected chi connectivity index (χ2v) is 3.23. The number of nitrogens with one attached hydrogen (secondary N) is 2. The number of rotatable bonds is 9. The summed E-state index contributed by atoms with van der Waals surface area (Å²) >= 11 is 0. The van der Waals surface area contributed by atoms with E-state index in [2.05, 4.69) is 10.6 Å². The third kappa shape index (κ3) is 6.77. The minimum Gasteiger partial charge on any atom is -0.480 e. The number of nitrogens with two attached hydrogens (primary N) is 1. The van der Waals surface area contributed by atoms with Crippen molar-refractivity contribution in [3.63, 3.8) is 0 Å². The number of hydrogen-bond acceptors (Lipinski definition) is 4. The van der Waals surface area contributed by atoms with E-state index in [9.17, 15) is 14.4 Å². The molecule has 7 nitrogen and oxygen atoms in total. The van der Waals surface area contributed by atoms with E-state index in [-0.39, 0.29) is 12.5 Å². The molecule has 5 N–H and O–H groups in total. The second-order valence-electron chi connectivity index (χ2n) is 3.23. The molecule has 0 fully saturated rings. The highest BCUT2D eigenvalue weighted by Gasteiger charge is 2.14. The highest BCUT2D eigenvalue weighted by atomic mass is 16.4. The Labute approximate surface area is 93.4 Å². The van der Waals surface area contributed by atoms with Gasteiger partial charge in [-0.1, -0.05) is 0 Å². The van der Waals surface area contributed by atoms with Gasteiger partial charge in [0.15, 0.2) is 0 Å². The Morgan fingerprint density at radius 2 is 2.06 bits per heavy atom. The first-order chi connectivity index (χ1) is 7.61. The fourth-order valence-corrected chi connectivity index (χ4v) is 1.13. The van der Waals surface area contributed by atoms with Crippen LogP contribution in [-0.4, -0.2) is 42.5 Å². The van der Waals surface area contributed by atoms with Gasteiger partial charge in [0.05, 0.1) is 6.54 Å². The van der Waals surface area contributed by atoms with Gasteiger partial charge in [0.1, 0.15) is 6.04 Å². The van der Waals surface area contributed by atoms with Gasteiger partial charge >= 0.3 is 5.97 Å². The third-order valence-corrected chi connectivity index (χ3v) is 1.99. The Bertz CT molecular complexity index is 245. The number of hydrogen-bond donors (Lipinski definition) is 4. The summed E-state index contributed by atoms with van der Waals surface area (Å²) in [6, 6.07) is -0.859. The molecular formula is C9H17N3O4. The van der Waals surface area contributed by atoms with Crippen molar-refractivity contribution in [2.45, 2.75) is 25.3 Å². The quantitative estimate of drug-likeness (QED) is 0.282. The maximum Gasteiger partial charge on any atom is 0.326 e. The summed E-state index contributed by atoms with van der Waals surface area (Å²) in [6.07, 6.45) is 1.96. The highest BCUT2D eigenvalue weighted by molar-refractivity contribution is 5.77. The maximum atomic E-state index is 10.7. The fourth-order valence-electron chi connectivity index (χ4n) is 1.13. The molecule has 0 aliphatic heterocycles. The van der Waals surface area contributed by atoms with E-state index in [1.54, 1.807) is 0 Å². The molecule has 0 heterocycles. The molecule has 0 aliphatic carbocycles. The lowest BCUT2D eigenvalue weighted by atomic mass is 10.1. The predicted molar refractivity (Wildman–Crippen MR) is 56.5 cm³/mol. The minimum atomic E-state index is -1.06. The molecule has 7 heteroatoms. The average Bonchev–Trinajstić information content (AvgIpc) is 2.26. The van der Waals surface area contributed by atoms with Crippen molar-refractivity contribution in [1.29, 1.82) is 0 Å². The number of unbranched alkanes of at least 4 members (excludes halogenated alkanes) is 1. The summed E-state index contributed by atoms with van der Waals surface area (Å²) in [6.45, 7) is 0.411. The van der Waals surface area contributed by atoms with Gasteiger partial charge in [-0.2, -0.15) is 0 Å². The van der Waals surface area contributed by atoms with Gasteiger partial charge in [0, 0.05) is 6.54 Å². The molecule has 0 aromatic heterocycles. The number of carbonyl (C=O) groups excluding carboxylic acids is 2. The van der Waals surface area contributed by atoms with Crippen LogP contribution in [0.4, 0.5) is 0 Å².